The first-order valence-electron chi connectivity index (χ1n) is 4.81. The number of rotatable bonds is 1. The summed E-state index contributed by atoms with van der Waals surface area (Å²) < 4.78 is 0. The fourth-order valence-electron chi connectivity index (χ4n) is 1.29. The van der Waals surface area contributed by atoms with Gasteiger partial charge in [-0.25, -0.2) is 0 Å². The Balaban J connectivity index is 3.54. The zero-order valence-electron chi connectivity index (χ0n) is 8.88. The summed E-state index contributed by atoms with van der Waals surface area (Å²) in [4.78, 5) is 3.14. The lowest BCUT2D eigenvalue weighted by Gasteiger charge is -2.01. The summed E-state index contributed by atoms with van der Waals surface area (Å²) in [6, 6.07) is 7.89. The Morgan fingerprint density at radius 3 is 2.43 bits per heavy atom. The topological polar surface area (TPSA) is 15.8 Å². The predicted octanol–water partition coefficient (Wildman–Crippen LogP) is 2.08. The van der Waals surface area contributed by atoms with E-state index in [1.165, 1.54) is 5.56 Å². The summed E-state index contributed by atoms with van der Waals surface area (Å²) in [6.07, 6.45) is 1.98. The van der Waals surface area contributed by atoms with Gasteiger partial charge >= 0.3 is 0 Å². The zero-order valence-corrected chi connectivity index (χ0v) is 8.88. The SMILES string of the molecule is C=c1ccccc(=C)c(C(C)C)c[nH]1. The van der Waals surface area contributed by atoms with E-state index in [2.05, 4.69) is 32.0 Å². The molecular weight excluding hydrogens is 170 g/mol. The molecule has 0 bridgehead atoms. The smallest absolute Gasteiger partial charge is 0.0306 e. The molecule has 0 aliphatic rings. The molecule has 0 radical (unpaired) electrons. The van der Waals surface area contributed by atoms with Crippen LogP contribution in [0.25, 0.3) is 13.2 Å². The van der Waals surface area contributed by atoms with E-state index in [0.717, 1.165) is 10.6 Å². The van der Waals surface area contributed by atoms with Crippen molar-refractivity contribution in [2.75, 3.05) is 0 Å². The molecule has 0 saturated heterocycles. The van der Waals surface area contributed by atoms with E-state index in [0.29, 0.717) is 5.92 Å². The van der Waals surface area contributed by atoms with Gasteiger partial charge in [-0.2, -0.15) is 0 Å². The Hall–Kier alpha value is -1.50. The monoisotopic (exact) mass is 187 g/mol. The molecule has 0 aromatic carbocycles. The largest absolute Gasteiger partial charge is 0.362 e. The van der Waals surface area contributed by atoms with Crippen molar-refractivity contribution in [3.63, 3.8) is 0 Å². The molecule has 74 valence electrons. The lowest BCUT2D eigenvalue weighted by atomic mass is 10.1. The lowest BCUT2D eigenvalue weighted by molar-refractivity contribution is 0.853. The second-order valence-corrected chi connectivity index (χ2v) is 3.67. The second kappa shape index (κ2) is 4.66. The van der Waals surface area contributed by atoms with E-state index in [4.69, 9.17) is 0 Å². The summed E-state index contributed by atoms with van der Waals surface area (Å²) >= 11 is 0. The van der Waals surface area contributed by atoms with Gasteiger partial charge in [-0.05, 0) is 22.8 Å². The Kier molecular flexibility index (Phi) is 3.52. The fourth-order valence-corrected chi connectivity index (χ4v) is 1.29. The van der Waals surface area contributed by atoms with Gasteiger partial charge in [0.1, 0.15) is 0 Å². The van der Waals surface area contributed by atoms with Crippen LogP contribution in [0.2, 0.25) is 0 Å². The molecule has 1 aromatic heterocycles. The first-order valence-corrected chi connectivity index (χ1v) is 4.81. The zero-order chi connectivity index (χ0) is 10.6. The average Bonchev–Trinajstić information content (AvgIpc) is 2.18. The Morgan fingerprint density at radius 2 is 1.79 bits per heavy atom. The van der Waals surface area contributed by atoms with Crippen molar-refractivity contribution in [3.05, 3.63) is 46.6 Å². The van der Waals surface area contributed by atoms with Crippen molar-refractivity contribution in [1.82, 2.24) is 4.98 Å². The van der Waals surface area contributed by atoms with Crippen LogP contribution in [-0.4, -0.2) is 4.98 Å². The van der Waals surface area contributed by atoms with Crippen molar-refractivity contribution in [3.8, 4) is 0 Å². The number of H-pyrrole nitrogens is 1. The number of aromatic amines is 1. The minimum atomic E-state index is 0.463. The predicted molar refractivity (Wildman–Crippen MR) is 62.8 cm³/mol. The van der Waals surface area contributed by atoms with Gasteiger partial charge in [-0.1, -0.05) is 45.2 Å². The second-order valence-electron chi connectivity index (χ2n) is 3.67. The van der Waals surface area contributed by atoms with Gasteiger partial charge in [0.2, 0.25) is 0 Å². The van der Waals surface area contributed by atoms with E-state index >= 15 is 0 Å². The van der Waals surface area contributed by atoms with Crippen LogP contribution in [0.15, 0.2) is 30.5 Å². The molecule has 0 atom stereocenters. The maximum Gasteiger partial charge on any atom is 0.0306 e. The number of hydrogen-bond donors (Lipinski definition) is 1. The molecule has 1 heteroatoms. The third kappa shape index (κ3) is 2.77. The normalized spacial score (nSPS) is 9.93. The quantitative estimate of drug-likeness (QED) is 0.693. The van der Waals surface area contributed by atoms with E-state index in [9.17, 15) is 0 Å². The number of hydrogen-bond acceptors (Lipinski definition) is 0. The van der Waals surface area contributed by atoms with Crippen molar-refractivity contribution >= 4 is 13.2 Å². The van der Waals surface area contributed by atoms with Gasteiger partial charge in [-0.15, -0.1) is 0 Å². The highest BCUT2D eigenvalue weighted by atomic mass is 14.6. The van der Waals surface area contributed by atoms with Gasteiger partial charge in [0.15, 0.2) is 0 Å². The van der Waals surface area contributed by atoms with E-state index in [1.54, 1.807) is 0 Å². The highest BCUT2D eigenvalue weighted by Gasteiger charge is 1.95. The van der Waals surface area contributed by atoms with Gasteiger partial charge in [0.25, 0.3) is 0 Å². The Labute approximate surface area is 85.1 Å². The summed E-state index contributed by atoms with van der Waals surface area (Å²) in [5, 5.41) is 1.94. The molecular formula is C13H17N. The average molecular weight is 187 g/mol. The van der Waals surface area contributed by atoms with Crippen molar-refractivity contribution in [1.29, 1.82) is 0 Å². The standard InChI is InChI=1S/C13H17N/c1-10(2)13-9-14-12(4)8-6-5-7-11(13)3/h5-10,14H,3-4H2,1-2H3. The molecule has 0 aliphatic carbocycles. The van der Waals surface area contributed by atoms with E-state index in [-0.39, 0.29) is 0 Å². The summed E-state index contributed by atoms with van der Waals surface area (Å²) in [7, 11) is 0. The minimum absolute atomic E-state index is 0.463. The summed E-state index contributed by atoms with van der Waals surface area (Å²) in [6.45, 7) is 12.2. The minimum Gasteiger partial charge on any atom is -0.362 e. The highest BCUT2D eigenvalue weighted by Crippen LogP contribution is 2.04. The Morgan fingerprint density at radius 1 is 1.14 bits per heavy atom. The van der Waals surface area contributed by atoms with Crippen LogP contribution in [0.1, 0.15) is 25.3 Å². The Bertz CT molecular complexity index is 439. The van der Waals surface area contributed by atoms with Crippen LogP contribution >= 0.6 is 0 Å². The first-order chi connectivity index (χ1) is 6.61. The van der Waals surface area contributed by atoms with Crippen LogP contribution in [0.5, 0.6) is 0 Å². The molecule has 1 rings (SSSR count). The molecule has 0 amide bonds. The van der Waals surface area contributed by atoms with Crippen molar-refractivity contribution in [2.24, 2.45) is 0 Å². The maximum atomic E-state index is 4.03. The third-order valence-corrected chi connectivity index (χ3v) is 2.11. The van der Waals surface area contributed by atoms with Gasteiger partial charge in [0, 0.05) is 11.5 Å². The first kappa shape index (κ1) is 10.6. The van der Waals surface area contributed by atoms with Crippen LogP contribution in [0.3, 0.4) is 0 Å². The molecule has 0 fully saturated rings. The fraction of sp³-hybridized carbons (Fsp3) is 0.231. The highest BCUT2D eigenvalue weighted by molar-refractivity contribution is 5.19. The maximum absolute atomic E-state index is 4.03. The van der Waals surface area contributed by atoms with Crippen LogP contribution in [-0.2, 0) is 0 Å². The molecule has 0 aliphatic heterocycles. The molecule has 14 heavy (non-hydrogen) atoms. The molecule has 1 N–H and O–H groups in total. The summed E-state index contributed by atoms with van der Waals surface area (Å²) in [5.74, 6) is 0.463. The van der Waals surface area contributed by atoms with Gasteiger partial charge in [-0.3, -0.25) is 0 Å². The van der Waals surface area contributed by atoms with Gasteiger partial charge < -0.3 is 4.98 Å². The van der Waals surface area contributed by atoms with Crippen molar-refractivity contribution < 1.29 is 0 Å². The van der Waals surface area contributed by atoms with Crippen LogP contribution in [0, 0.1) is 0 Å². The molecule has 1 nitrogen and oxygen atoms in total. The molecule has 0 spiro atoms. The summed E-state index contributed by atoms with van der Waals surface area (Å²) in [5.41, 5.74) is 1.21. The van der Waals surface area contributed by atoms with Crippen LogP contribution < -0.4 is 10.6 Å². The van der Waals surface area contributed by atoms with E-state index in [1.807, 2.05) is 30.5 Å². The van der Waals surface area contributed by atoms with Gasteiger partial charge in [0.05, 0.1) is 0 Å². The number of nitrogens with one attached hydrogen (secondary N) is 1. The third-order valence-electron chi connectivity index (χ3n) is 2.11. The van der Waals surface area contributed by atoms with Crippen molar-refractivity contribution in [2.45, 2.75) is 19.8 Å². The molecule has 1 heterocycles. The number of aromatic nitrogens is 1. The lowest BCUT2D eigenvalue weighted by Crippen LogP contribution is -2.07. The van der Waals surface area contributed by atoms with Crippen LogP contribution in [0.4, 0.5) is 0 Å². The molecule has 0 saturated carbocycles. The van der Waals surface area contributed by atoms with E-state index < -0.39 is 0 Å². The molecule has 0 unspecified atom stereocenters. The molecule has 1 aromatic rings.